The topological polar surface area (TPSA) is 32.8 Å². The molecule has 0 aromatic heterocycles. The molecular weight excluding hydrogens is 240 g/mol. The van der Waals surface area contributed by atoms with Gasteiger partial charge in [0.2, 0.25) is 0 Å². The van der Waals surface area contributed by atoms with Crippen molar-refractivity contribution in [3.8, 4) is 0 Å². The zero-order valence-corrected chi connectivity index (χ0v) is 13.0. The number of likely N-dealkylation sites (N-methyl/N-ethyl adjacent to an activating group) is 2. The number of hydrogen-bond acceptors (Lipinski definition) is 4. The van der Waals surface area contributed by atoms with Crippen LogP contribution in [0.5, 0.6) is 0 Å². The van der Waals surface area contributed by atoms with Gasteiger partial charge < -0.3 is 4.74 Å². The number of likely N-dealkylation sites (tertiary alicyclic amines) is 1. The molecule has 2 unspecified atom stereocenters. The number of rotatable bonds is 8. The van der Waals surface area contributed by atoms with Gasteiger partial charge in [0, 0.05) is 12.6 Å². The van der Waals surface area contributed by atoms with Crippen molar-refractivity contribution in [2.24, 2.45) is 0 Å². The first kappa shape index (κ1) is 16.4. The molecule has 1 saturated heterocycles. The lowest BCUT2D eigenvalue weighted by Crippen LogP contribution is -2.46. The molecular formula is C15H30N2O2. The van der Waals surface area contributed by atoms with Crippen LogP contribution in [0.3, 0.4) is 0 Å². The molecule has 4 heteroatoms. The molecule has 0 aromatic rings. The second-order valence-electron chi connectivity index (χ2n) is 5.42. The number of esters is 1. The van der Waals surface area contributed by atoms with Crippen molar-refractivity contribution in [3.63, 3.8) is 0 Å². The van der Waals surface area contributed by atoms with E-state index in [4.69, 9.17) is 4.74 Å². The highest BCUT2D eigenvalue weighted by atomic mass is 16.5. The molecule has 2 atom stereocenters. The van der Waals surface area contributed by atoms with Crippen molar-refractivity contribution in [1.29, 1.82) is 0 Å². The van der Waals surface area contributed by atoms with E-state index >= 15 is 0 Å². The first-order chi connectivity index (χ1) is 9.13. The predicted octanol–water partition coefficient (Wildman–Crippen LogP) is 2.13. The van der Waals surface area contributed by atoms with Gasteiger partial charge in [0.1, 0.15) is 6.04 Å². The van der Waals surface area contributed by atoms with Crippen LogP contribution in [0.25, 0.3) is 0 Å². The van der Waals surface area contributed by atoms with Crippen LogP contribution in [0.2, 0.25) is 0 Å². The molecule has 1 aliphatic heterocycles. The van der Waals surface area contributed by atoms with E-state index in [1.54, 1.807) is 0 Å². The summed E-state index contributed by atoms with van der Waals surface area (Å²) in [5, 5.41) is 0. The summed E-state index contributed by atoms with van der Waals surface area (Å²) in [6.07, 6.45) is 4.42. The molecule has 1 fully saturated rings. The highest BCUT2D eigenvalue weighted by Gasteiger charge is 2.29. The summed E-state index contributed by atoms with van der Waals surface area (Å²) in [5.41, 5.74) is 0. The molecule has 1 rings (SSSR count). The number of hydrogen-bond donors (Lipinski definition) is 0. The lowest BCUT2D eigenvalue weighted by Gasteiger charge is -2.31. The van der Waals surface area contributed by atoms with Crippen LogP contribution in [0.4, 0.5) is 0 Å². The Morgan fingerprint density at radius 2 is 2.16 bits per heavy atom. The Balaban J connectivity index is 2.55. The summed E-state index contributed by atoms with van der Waals surface area (Å²) >= 11 is 0. The SMILES string of the molecule is CCCC(C(=O)OCC)N(C)CC1CCCN1CC. The second-order valence-corrected chi connectivity index (χ2v) is 5.42. The van der Waals surface area contributed by atoms with E-state index in [1.807, 2.05) is 6.92 Å². The van der Waals surface area contributed by atoms with Gasteiger partial charge >= 0.3 is 5.97 Å². The molecule has 1 aliphatic rings. The number of carbonyl (C=O) groups excluding carboxylic acids is 1. The molecule has 0 aromatic carbocycles. The minimum atomic E-state index is -0.0794. The lowest BCUT2D eigenvalue weighted by atomic mass is 10.1. The van der Waals surface area contributed by atoms with Crippen molar-refractivity contribution in [2.75, 3.05) is 33.3 Å². The molecule has 0 saturated carbocycles. The van der Waals surface area contributed by atoms with E-state index in [0.717, 1.165) is 25.9 Å². The number of nitrogens with zero attached hydrogens (tertiary/aromatic N) is 2. The van der Waals surface area contributed by atoms with Crippen LogP contribution in [0.15, 0.2) is 0 Å². The maximum atomic E-state index is 12.0. The first-order valence-electron chi connectivity index (χ1n) is 7.74. The van der Waals surface area contributed by atoms with Gasteiger partial charge in [0.25, 0.3) is 0 Å². The van der Waals surface area contributed by atoms with Gasteiger partial charge in [-0.2, -0.15) is 0 Å². The monoisotopic (exact) mass is 270 g/mol. The average molecular weight is 270 g/mol. The van der Waals surface area contributed by atoms with Gasteiger partial charge in [-0.25, -0.2) is 0 Å². The fourth-order valence-corrected chi connectivity index (χ4v) is 3.01. The molecule has 1 heterocycles. The van der Waals surface area contributed by atoms with E-state index in [9.17, 15) is 4.79 Å². The van der Waals surface area contributed by atoms with Crippen LogP contribution in [0, 0.1) is 0 Å². The summed E-state index contributed by atoms with van der Waals surface area (Å²) in [7, 11) is 2.06. The molecule has 4 nitrogen and oxygen atoms in total. The van der Waals surface area contributed by atoms with Gasteiger partial charge in [-0.05, 0) is 46.3 Å². The van der Waals surface area contributed by atoms with Gasteiger partial charge in [0.15, 0.2) is 0 Å². The summed E-state index contributed by atoms with van der Waals surface area (Å²) in [5.74, 6) is -0.0621. The molecule has 0 amide bonds. The fourth-order valence-electron chi connectivity index (χ4n) is 3.01. The highest BCUT2D eigenvalue weighted by molar-refractivity contribution is 5.75. The zero-order valence-electron chi connectivity index (χ0n) is 13.0. The van der Waals surface area contributed by atoms with E-state index in [0.29, 0.717) is 12.6 Å². The number of carbonyl (C=O) groups is 1. The Kier molecular flexibility index (Phi) is 7.39. The molecule has 112 valence electrons. The van der Waals surface area contributed by atoms with E-state index < -0.39 is 0 Å². The second kappa shape index (κ2) is 8.54. The van der Waals surface area contributed by atoms with Crippen LogP contribution in [-0.2, 0) is 9.53 Å². The highest BCUT2D eigenvalue weighted by Crippen LogP contribution is 2.19. The quantitative estimate of drug-likeness (QED) is 0.633. The Morgan fingerprint density at radius 3 is 2.74 bits per heavy atom. The maximum Gasteiger partial charge on any atom is 0.323 e. The summed E-state index contributed by atoms with van der Waals surface area (Å²) in [6, 6.07) is 0.521. The normalized spacial score (nSPS) is 21.8. The predicted molar refractivity (Wildman–Crippen MR) is 78.2 cm³/mol. The van der Waals surface area contributed by atoms with Gasteiger partial charge in [0.05, 0.1) is 6.61 Å². The van der Waals surface area contributed by atoms with Gasteiger partial charge in [-0.1, -0.05) is 20.3 Å². The molecule has 0 aliphatic carbocycles. The summed E-state index contributed by atoms with van der Waals surface area (Å²) in [4.78, 5) is 16.7. The Hall–Kier alpha value is -0.610. The standard InChI is InChI=1S/C15H30N2O2/c1-5-9-14(15(18)19-7-3)16(4)12-13-10-8-11-17(13)6-2/h13-14H,5-12H2,1-4H3. The van der Waals surface area contributed by atoms with Crippen LogP contribution >= 0.6 is 0 Å². The first-order valence-corrected chi connectivity index (χ1v) is 7.74. The largest absolute Gasteiger partial charge is 0.465 e. The Morgan fingerprint density at radius 1 is 1.42 bits per heavy atom. The minimum absolute atomic E-state index is 0.0621. The molecule has 0 bridgehead atoms. The smallest absolute Gasteiger partial charge is 0.323 e. The van der Waals surface area contributed by atoms with E-state index in [2.05, 4.69) is 30.7 Å². The third kappa shape index (κ3) is 4.77. The van der Waals surface area contributed by atoms with Crippen molar-refractivity contribution < 1.29 is 9.53 Å². The van der Waals surface area contributed by atoms with Crippen molar-refractivity contribution in [2.45, 2.75) is 58.5 Å². The van der Waals surface area contributed by atoms with Crippen LogP contribution < -0.4 is 0 Å². The minimum Gasteiger partial charge on any atom is -0.465 e. The zero-order chi connectivity index (χ0) is 14.3. The van der Waals surface area contributed by atoms with Crippen LogP contribution in [0.1, 0.15) is 46.5 Å². The van der Waals surface area contributed by atoms with Gasteiger partial charge in [-0.3, -0.25) is 14.6 Å². The van der Waals surface area contributed by atoms with E-state index in [1.165, 1.54) is 19.4 Å². The maximum absolute atomic E-state index is 12.0. The fraction of sp³-hybridized carbons (Fsp3) is 0.933. The Bertz CT molecular complexity index is 271. The number of ether oxygens (including phenoxy) is 1. The lowest BCUT2D eigenvalue weighted by molar-refractivity contribution is -0.149. The third-order valence-electron chi connectivity index (χ3n) is 4.06. The summed E-state index contributed by atoms with van der Waals surface area (Å²) in [6.45, 7) is 9.95. The molecule has 19 heavy (non-hydrogen) atoms. The molecule has 0 N–H and O–H groups in total. The van der Waals surface area contributed by atoms with Gasteiger partial charge in [-0.15, -0.1) is 0 Å². The summed E-state index contributed by atoms with van der Waals surface area (Å²) < 4.78 is 5.20. The van der Waals surface area contributed by atoms with Crippen molar-refractivity contribution >= 4 is 5.97 Å². The van der Waals surface area contributed by atoms with E-state index in [-0.39, 0.29) is 12.0 Å². The van der Waals surface area contributed by atoms with Crippen LogP contribution in [-0.4, -0.2) is 61.1 Å². The average Bonchev–Trinajstić information content (AvgIpc) is 2.83. The molecule has 0 radical (unpaired) electrons. The third-order valence-corrected chi connectivity index (χ3v) is 4.06. The van der Waals surface area contributed by atoms with Crippen molar-refractivity contribution in [3.05, 3.63) is 0 Å². The Labute approximate surface area is 118 Å². The molecule has 0 spiro atoms. The van der Waals surface area contributed by atoms with Crippen molar-refractivity contribution in [1.82, 2.24) is 9.80 Å².